The summed E-state index contributed by atoms with van der Waals surface area (Å²) in [5.74, 6) is -0.0934. The SMILES string of the molecule is Cc1cccc(Nc2cncc(C(=O)NCCCN(C)C)c2)c1. The molecular formula is C18H24N4O. The molecule has 0 saturated carbocycles. The van der Waals surface area contributed by atoms with Crippen molar-refractivity contribution in [3.63, 3.8) is 0 Å². The molecule has 2 aromatic rings. The average Bonchev–Trinajstić information content (AvgIpc) is 2.51. The van der Waals surface area contributed by atoms with Gasteiger partial charge in [-0.1, -0.05) is 12.1 Å². The number of carbonyl (C=O) groups is 1. The lowest BCUT2D eigenvalue weighted by molar-refractivity contribution is 0.0952. The summed E-state index contributed by atoms with van der Waals surface area (Å²) >= 11 is 0. The molecule has 0 atom stereocenters. The van der Waals surface area contributed by atoms with Crippen LogP contribution < -0.4 is 10.6 Å². The minimum atomic E-state index is -0.0934. The molecule has 1 aromatic carbocycles. The fourth-order valence-corrected chi connectivity index (χ4v) is 2.22. The zero-order valence-electron chi connectivity index (χ0n) is 14.0. The van der Waals surface area contributed by atoms with E-state index in [2.05, 4.69) is 20.5 Å². The number of nitrogens with zero attached hydrogens (tertiary/aromatic N) is 2. The molecule has 1 heterocycles. The Kier molecular flexibility index (Phi) is 6.11. The minimum Gasteiger partial charge on any atom is -0.354 e. The van der Waals surface area contributed by atoms with Gasteiger partial charge in [-0.05, 0) is 57.7 Å². The van der Waals surface area contributed by atoms with Crippen LogP contribution in [0.2, 0.25) is 0 Å². The molecule has 0 aliphatic rings. The molecule has 0 aliphatic carbocycles. The van der Waals surface area contributed by atoms with Gasteiger partial charge in [0.25, 0.3) is 5.91 Å². The first kappa shape index (κ1) is 17.0. The lowest BCUT2D eigenvalue weighted by Gasteiger charge is -2.11. The van der Waals surface area contributed by atoms with Crippen LogP contribution in [0.4, 0.5) is 11.4 Å². The molecular weight excluding hydrogens is 288 g/mol. The van der Waals surface area contributed by atoms with Crippen molar-refractivity contribution in [3.8, 4) is 0 Å². The molecule has 1 amide bonds. The molecule has 23 heavy (non-hydrogen) atoms. The van der Waals surface area contributed by atoms with Crippen LogP contribution in [-0.4, -0.2) is 43.0 Å². The predicted octanol–water partition coefficient (Wildman–Crippen LogP) is 2.82. The Morgan fingerprint density at radius 1 is 1.17 bits per heavy atom. The van der Waals surface area contributed by atoms with Crippen LogP contribution in [0.5, 0.6) is 0 Å². The van der Waals surface area contributed by atoms with Gasteiger partial charge in [-0.3, -0.25) is 9.78 Å². The van der Waals surface area contributed by atoms with Crippen molar-refractivity contribution in [1.82, 2.24) is 15.2 Å². The van der Waals surface area contributed by atoms with E-state index in [1.165, 1.54) is 5.56 Å². The van der Waals surface area contributed by atoms with Crippen LogP contribution in [-0.2, 0) is 0 Å². The van der Waals surface area contributed by atoms with Gasteiger partial charge in [0.1, 0.15) is 0 Å². The van der Waals surface area contributed by atoms with Crippen LogP contribution in [0.3, 0.4) is 0 Å². The number of carbonyl (C=O) groups excluding carboxylic acids is 1. The molecule has 0 fully saturated rings. The van der Waals surface area contributed by atoms with Gasteiger partial charge >= 0.3 is 0 Å². The Morgan fingerprint density at radius 2 is 2.00 bits per heavy atom. The molecule has 0 radical (unpaired) electrons. The van der Waals surface area contributed by atoms with Crippen LogP contribution in [0.1, 0.15) is 22.3 Å². The molecule has 0 unspecified atom stereocenters. The standard InChI is InChI=1S/C18H24N4O/c1-14-6-4-7-16(10-14)21-17-11-15(12-19-13-17)18(23)20-8-5-9-22(2)3/h4,6-7,10-13,21H,5,8-9H2,1-3H3,(H,20,23). The van der Waals surface area contributed by atoms with Crippen LogP contribution in [0.15, 0.2) is 42.7 Å². The lowest BCUT2D eigenvalue weighted by atomic mass is 10.2. The molecule has 0 spiro atoms. The number of rotatable bonds is 7. The molecule has 1 aromatic heterocycles. The van der Waals surface area contributed by atoms with E-state index in [4.69, 9.17) is 0 Å². The first-order valence-corrected chi connectivity index (χ1v) is 7.76. The summed E-state index contributed by atoms with van der Waals surface area (Å²) in [5.41, 5.74) is 3.53. The lowest BCUT2D eigenvalue weighted by Crippen LogP contribution is -2.27. The molecule has 0 saturated heterocycles. The fraction of sp³-hybridized carbons (Fsp3) is 0.333. The van der Waals surface area contributed by atoms with E-state index >= 15 is 0 Å². The monoisotopic (exact) mass is 312 g/mol. The maximum Gasteiger partial charge on any atom is 0.252 e. The van der Waals surface area contributed by atoms with Crippen molar-refractivity contribution < 1.29 is 4.79 Å². The third-order valence-electron chi connectivity index (χ3n) is 3.37. The van der Waals surface area contributed by atoms with E-state index in [-0.39, 0.29) is 5.91 Å². The van der Waals surface area contributed by atoms with E-state index < -0.39 is 0 Å². The molecule has 2 rings (SSSR count). The Morgan fingerprint density at radius 3 is 2.74 bits per heavy atom. The zero-order valence-corrected chi connectivity index (χ0v) is 14.0. The molecule has 0 bridgehead atoms. The fourth-order valence-electron chi connectivity index (χ4n) is 2.22. The number of amides is 1. The van der Waals surface area contributed by atoms with Crippen molar-refractivity contribution >= 4 is 17.3 Å². The summed E-state index contributed by atoms with van der Waals surface area (Å²) < 4.78 is 0. The summed E-state index contributed by atoms with van der Waals surface area (Å²) in [7, 11) is 4.04. The number of aromatic nitrogens is 1. The second-order valence-electron chi connectivity index (χ2n) is 5.87. The highest BCUT2D eigenvalue weighted by atomic mass is 16.1. The summed E-state index contributed by atoms with van der Waals surface area (Å²) in [5, 5.41) is 6.19. The number of aryl methyl sites for hydroxylation is 1. The first-order chi connectivity index (χ1) is 11.0. The summed E-state index contributed by atoms with van der Waals surface area (Å²) in [6.45, 7) is 3.65. The van der Waals surface area contributed by atoms with Crippen LogP contribution in [0.25, 0.3) is 0 Å². The van der Waals surface area contributed by atoms with Gasteiger partial charge in [0.2, 0.25) is 0 Å². The highest BCUT2D eigenvalue weighted by Gasteiger charge is 2.07. The van der Waals surface area contributed by atoms with Gasteiger partial charge in [-0.25, -0.2) is 0 Å². The Balaban J connectivity index is 1.95. The average molecular weight is 312 g/mol. The van der Waals surface area contributed by atoms with E-state index in [0.29, 0.717) is 12.1 Å². The largest absolute Gasteiger partial charge is 0.354 e. The number of pyridine rings is 1. The maximum absolute atomic E-state index is 12.2. The topological polar surface area (TPSA) is 57.3 Å². The van der Waals surface area contributed by atoms with Gasteiger partial charge in [0.05, 0.1) is 17.4 Å². The van der Waals surface area contributed by atoms with Crippen molar-refractivity contribution in [2.75, 3.05) is 32.5 Å². The summed E-state index contributed by atoms with van der Waals surface area (Å²) in [6.07, 6.45) is 4.22. The van der Waals surface area contributed by atoms with Crippen molar-refractivity contribution in [1.29, 1.82) is 0 Å². The molecule has 0 aliphatic heterocycles. The highest BCUT2D eigenvalue weighted by molar-refractivity contribution is 5.94. The molecule has 5 heteroatoms. The second kappa shape index (κ2) is 8.29. The normalized spacial score (nSPS) is 10.6. The number of anilines is 2. The number of hydrogen-bond donors (Lipinski definition) is 2. The zero-order chi connectivity index (χ0) is 16.7. The van der Waals surface area contributed by atoms with Gasteiger partial charge in [-0.2, -0.15) is 0 Å². The predicted molar refractivity (Wildman–Crippen MR) is 94.2 cm³/mol. The molecule has 5 nitrogen and oxygen atoms in total. The van der Waals surface area contributed by atoms with Gasteiger partial charge in [0.15, 0.2) is 0 Å². The van der Waals surface area contributed by atoms with Gasteiger partial charge < -0.3 is 15.5 Å². The second-order valence-corrected chi connectivity index (χ2v) is 5.87. The van der Waals surface area contributed by atoms with Gasteiger partial charge in [0, 0.05) is 18.4 Å². The minimum absolute atomic E-state index is 0.0934. The van der Waals surface area contributed by atoms with E-state index in [0.717, 1.165) is 24.3 Å². The van der Waals surface area contributed by atoms with Crippen LogP contribution >= 0.6 is 0 Å². The number of hydrogen-bond acceptors (Lipinski definition) is 4. The Labute approximate surface area is 137 Å². The highest BCUT2D eigenvalue weighted by Crippen LogP contribution is 2.17. The third kappa shape index (κ3) is 5.71. The third-order valence-corrected chi connectivity index (χ3v) is 3.37. The summed E-state index contributed by atoms with van der Waals surface area (Å²) in [6, 6.07) is 9.89. The van der Waals surface area contributed by atoms with Crippen molar-refractivity contribution in [3.05, 3.63) is 53.9 Å². The van der Waals surface area contributed by atoms with Crippen molar-refractivity contribution in [2.45, 2.75) is 13.3 Å². The number of nitrogens with one attached hydrogen (secondary N) is 2. The molecule has 122 valence electrons. The first-order valence-electron chi connectivity index (χ1n) is 7.76. The van der Waals surface area contributed by atoms with E-state index in [9.17, 15) is 4.79 Å². The Hall–Kier alpha value is -2.40. The maximum atomic E-state index is 12.2. The Bertz CT molecular complexity index is 655. The van der Waals surface area contributed by atoms with Crippen molar-refractivity contribution in [2.24, 2.45) is 0 Å². The quantitative estimate of drug-likeness (QED) is 0.772. The van der Waals surface area contributed by atoms with E-state index in [1.54, 1.807) is 12.4 Å². The van der Waals surface area contributed by atoms with E-state index in [1.807, 2.05) is 51.4 Å². The van der Waals surface area contributed by atoms with Crippen LogP contribution in [0, 0.1) is 6.92 Å². The molecule has 2 N–H and O–H groups in total. The summed E-state index contributed by atoms with van der Waals surface area (Å²) in [4.78, 5) is 18.4. The smallest absolute Gasteiger partial charge is 0.252 e. The van der Waals surface area contributed by atoms with Gasteiger partial charge in [-0.15, -0.1) is 0 Å². The number of benzene rings is 1.